The Labute approximate surface area is 183 Å². The number of aliphatic hydroxyl groups is 1. The number of nitrogens with one attached hydrogen (secondary N) is 1. The Balaban J connectivity index is 1.43. The number of carbonyl (C=O) groups excluding carboxylic acids is 3. The Kier molecular flexibility index (Phi) is 7.90. The molecule has 0 radical (unpaired) electrons. The van der Waals surface area contributed by atoms with Crippen LogP contribution in [0.25, 0.3) is 0 Å². The quantitative estimate of drug-likeness (QED) is 0.569. The van der Waals surface area contributed by atoms with Crippen molar-refractivity contribution in [3.8, 4) is 0 Å². The molecule has 31 heavy (non-hydrogen) atoms. The van der Waals surface area contributed by atoms with E-state index in [0.29, 0.717) is 48.0 Å². The maximum Gasteiger partial charge on any atom is 0.220 e. The fraction of sp³-hybridized carbons (Fsp3) is 0.346. The minimum Gasteiger partial charge on any atom is -0.394 e. The molecule has 1 aliphatic carbocycles. The lowest BCUT2D eigenvalue weighted by atomic mass is 9.83. The summed E-state index contributed by atoms with van der Waals surface area (Å²) in [5.41, 5.74) is 3.17. The second-order valence-corrected chi connectivity index (χ2v) is 8.00. The van der Waals surface area contributed by atoms with Gasteiger partial charge in [0.25, 0.3) is 0 Å². The summed E-state index contributed by atoms with van der Waals surface area (Å²) in [6.07, 6.45) is 3.73. The summed E-state index contributed by atoms with van der Waals surface area (Å²) in [5.74, 6) is -0.210. The molecule has 0 fully saturated rings. The van der Waals surface area contributed by atoms with Gasteiger partial charge in [0.1, 0.15) is 0 Å². The largest absolute Gasteiger partial charge is 0.394 e. The summed E-state index contributed by atoms with van der Waals surface area (Å²) in [5, 5.41) is 12.4. The van der Waals surface area contributed by atoms with Crippen LogP contribution in [0.15, 0.2) is 65.7 Å². The van der Waals surface area contributed by atoms with Gasteiger partial charge in [-0.15, -0.1) is 0 Å². The molecule has 0 aliphatic heterocycles. The highest BCUT2D eigenvalue weighted by Gasteiger charge is 2.28. The fourth-order valence-electron chi connectivity index (χ4n) is 3.98. The highest BCUT2D eigenvalue weighted by molar-refractivity contribution is 6.26. The lowest BCUT2D eigenvalue weighted by Gasteiger charge is -2.19. The van der Waals surface area contributed by atoms with Gasteiger partial charge < -0.3 is 10.4 Å². The maximum absolute atomic E-state index is 12.8. The van der Waals surface area contributed by atoms with E-state index in [-0.39, 0.29) is 30.1 Å². The summed E-state index contributed by atoms with van der Waals surface area (Å²) in [7, 11) is 0. The first-order valence-corrected chi connectivity index (χ1v) is 10.8. The van der Waals surface area contributed by atoms with Crippen molar-refractivity contribution in [1.82, 2.24) is 5.32 Å². The molecule has 1 aliphatic rings. The van der Waals surface area contributed by atoms with Crippen LogP contribution in [0.3, 0.4) is 0 Å². The molecule has 1 amide bonds. The van der Waals surface area contributed by atoms with Crippen LogP contribution in [0.5, 0.6) is 0 Å². The Morgan fingerprint density at radius 2 is 1.55 bits per heavy atom. The number of allylic oxidation sites excluding steroid dienone is 2. The number of carbonyl (C=O) groups is 3. The molecule has 3 rings (SSSR count). The summed E-state index contributed by atoms with van der Waals surface area (Å²) < 4.78 is 0. The number of hydrogen-bond donors (Lipinski definition) is 2. The first-order valence-electron chi connectivity index (χ1n) is 10.8. The summed E-state index contributed by atoms with van der Waals surface area (Å²) in [6, 6.07) is 16.4. The predicted octanol–water partition coefficient (Wildman–Crippen LogP) is 4.05. The maximum atomic E-state index is 12.8. The molecule has 5 heteroatoms. The topological polar surface area (TPSA) is 83.5 Å². The minimum atomic E-state index is -0.298. The molecule has 162 valence electrons. The molecule has 2 N–H and O–H groups in total. The number of unbranched alkanes of at least 4 members (excludes halogenated alkanes) is 2. The Morgan fingerprint density at radius 3 is 2.23 bits per heavy atom. The third kappa shape index (κ3) is 5.76. The lowest BCUT2D eigenvalue weighted by molar-refractivity contribution is -0.122. The first-order chi connectivity index (χ1) is 15.0. The van der Waals surface area contributed by atoms with Gasteiger partial charge in [-0.2, -0.15) is 0 Å². The molecular formula is C26H29NO4. The number of ketones is 2. The molecule has 0 spiro atoms. The molecule has 1 atom stereocenters. The number of hydrogen-bond acceptors (Lipinski definition) is 4. The zero-order chi connectivity index (χ0) is 22.2. The molecule has 2 aromatic rings. The Bertz CT molecular complexity index is 978. The van der Waals surface area contributed by atoms with Crippen molar-refractivity contribution >= 4 is 17.5 Å². The normalized spacial score (nSPS) is 14.4. The van der Waals surface area contributed by atoms with Crippen molar-refractivity contribution < 1.29 is 19.5 Å². The number of aliphatic hydroxyl groups excluding tert-OH is 1. The highest BCUT2D eigenvalue weighted by Crippen LogP contribution is 2.29. The van der Waals surface area contributed by atoms with Crippen LogP contribution in [-0.2, 0) is 11.2 Å². The van der Waals surface area contributed by atoms with E-state index >= 15 is 0 Å². The van der Waals surface area contributed by atoms with Gasteiger partial charge in [0.2, 0.25) is 5.91 Å². The van der Waals surface area contributed by atoms with E-state index in [2.05, 4.69) is 5.32 Å². The van der Waals surface area contributed by atoms with Crippen LogP contribution in [0.1, 0.15) is 65.3 Å². The number of fused-ring (bicyclic) bond motifs is 1. The van der Waals surface area contributed by atoms with Crippen LogP contribution < -0.4 is 5.32 Å². The second kappa shape index (κ2) is 10.8. The van der Waals surface area contributed by atoms with Crippen molar-refractivity contribution in [2.45, 2.75) is 51.5 Å². The molecule has 0 saturated heterocycles. The third-order valence-electron chi connectivity index (χ3n) is 5.72. The molecule has 0 bridgehead atoms. The van der Waals surface area contributed by atoms with Crippen molar-refractivity contribution in [3.63, 3.8) is 0 Å². The average molecular weight is 420 g/mol. The van der Waals surface area contributed by atoms with Gasteiger partial charge in [-0.25, -0.2) is 0 Å². The van der Waals surface area contributed by atoms with E-state index in [1.807, 2.05) is 30.3 Å². The van der Waals surface area contributed by atoms with Crippen molar-refractivity contribution in [1.29, 1.82) is 0 Å². The fourth-order valence-corrected chi connectivity index (χ4v) is 3.98. The smallest absolute Gasteiger partial charge is 0.220 e. The zero-order valence-electron chi connectivity index (χ0n) is 17.9. The summed E-state index contributed by atoms with van der Waals surface area (Å²) in [4.78, 5) is 37.5. The molecular weight excluding hydrogens is 390 g/mol. The number of Topliss-reactive ketones (excluding diaryl/α,β-unsaturated/α-hetero) is 2. The van der Waals surface area contributed by atoms with Gasteiger partial charge in [-0.1, -0.05) is 61.0 Å². The van der Waals surface area contributed by atoms with Crippen LogP contribution in [-0.4, -0.2) is 35.2 Å². The van der Waals surface area contributed by atoms with E-state index in [0.717, 1.165) is 18.4 Å². The second-order valence-electron chi connectivity index (χ2n) is 8.00. The number of amides is 1. The summed E-state index contributed by atoms with van der Waals surface area (Å²) in [6.45, 7) is 1.62. The van der Waals surface area contributed by atoms with E-state index in [9.17, 15) is 19.5 Å². The van der Waals surface area contributed by atoms with Crippen LogP contribution in [0.2, 0.25) is 0 Å². The zero-order valence-corrected chi connectivity index (χ0v) is 17.9. The van der Waals surface area contributed by atoms with Gasteiger partial charge in [0.05, 0.1) is 12.6 Å². The minimum absolute atomic E-state index is 0.0582. The Hall–Kier alpha value is -3.05. The number of benzene rings is 2. The molecule has 0 heterocycles. The van der Waals surface area contributed by atoms with Crippen LogP contribution in [0.4, 0.5) is 0 Å². The van der Waals surface area contributed by atoms with Gasteiger partial charge >= 0.3 is 0 Å². The SMILES string of the molecule is CC1=C(CCCCCC(=O)N[C@H](CO)Cc2ccccc2)C(=O)c2ccccc2C1=O. The van der Waals surface area contributed by atoms with E-state index in [4.69, 9.17) is 0 Å². The van der Waals surface area contributed by atoms with Crippen molar-refractivity contribution in [2.24, 2.45) is 0 Å². The van der Waals surface area contributed by atoms with Crippen molar-refractivity contribution in [3.05, 3.63) is 82.4 Å². The van der Waals surface area contributed by atoms with Gasteiger partial charge in [-0.3, -0.25) is 14.4 Å². The van der Waals surface area contributed by atoms with E-state index in [1.54, 1.807) is 31.2 Å². The first kappa shape index (κ1) is 22.6. The van der Waals surface area contributed by atoms with Gasteiger partial charge in [0.15, 0.2) is 11.6 Å². The van der Waals surface area contributed by atoms with Gasteiger partial charge in [0, 0.05) is 28.7 Å². The standard InChI is InChI=1S/C26H29NO4/c1-18-21(26(31)23-14-9-8-13-22(23)25(18)30)12-6-3-7-15-24(29)27-20(17-28)16-19-10-4-2-5-11-19/h2,4-5,8-11,13-14,20,28H,3,6-7,12,15-17H2,1H3,(H,27,29)/t20-/m0/s1. The third-order valence-corrected chi connectivity index (χ3v) is 5.72. The molecule has 0 unspecified atom stereocenters. The van der Waals surface area contributed by atoms with Crippen molar-refractivity contribution in [2.75, 3.05) is 6.61 Å². The molecule has 0 aromatic heterocycles. The monoisotopic (exact) mass is 419 g/mol. The molecule has 0 saturated carbocycles. The van der Waals surface area contributed by atoms with E-state index < -0.39 is 0 Å². The van der Waals surface area contributed by atoms with E-state index in [1.165, 1.54) is 0 Å². The van der Waals surface area contributed by atoms with Gasteiger partial charge in [-0.05, 0) is 38.2 Å². The molecule has 2 aromatic carbocycles. The average Bonchev–Trinajstić information content (AvgIpc) is 2.79. The van der Waals surface area contributed by atoms with Crippen LogP contribution in [0, 0.1) is 0 Å². The highest BCUT2D eigenvalue weighted by atomic mass is 16.3. The lowest BCUT2D eigenvalue weighted by Crippen LogP contribution is -2.38. The number of rotatable bonds is 10. The summed E-state index contributed by atoms with van der Waals surface area (Å²) >= 11 is 0. The predicted molar refractivity (Wildman–Crippen MR) is 120 cm³/mol. The van der Waals surface area contributed by atoms with Crippen LogP contribution >= 0.6 is 0 Å². The molecule has 5 nitrogen and oxygen atoms in total. The Morgan fingerprint density at radius 1 is 0.903 bits per heavy atom.